The van der Waals surface area contributed by atoms with Crippen molar-refractivity contribution in [3.05, 3.63) is 90.0 Å². The van der Waals surface area contributed by atoms with Crippen LogP contribution in [0.3, 0.4) is 0 Å². The second-order valence-corrected chi connectivity index (χ2v) is 8.11. The molecule has 0 aliphatic rings. The van der Waals surface area contributed by atoms with Crippen molar-refractivity contribution in [1.29, 1.82) is 0 Å². The largest absolute Gasteiger partial charge is 0.494 e. The number of hydrogen-bond acceptors (Lipinski definition) is 5. The number of nitrogens with zero attached hydrogens (tertiary/aromatic N) is 2. The van der Waals surface area contributed by atoms with Crippen LogP contribution in [-0.2, 0) is 4.79 Å². The van der Waals surface area contributed by atoms with E-state index in [4.69, 9.17) is 4.74 Å². The number of benzene rings is 3. The molecule has 33 heavy (non-hydrogen) atoms. The van der Waals surface area contributed by atoms with Crippen LogP contribution in [0.1, 0.15) is 22.8 Å². The predicted molar refractivity (Wildman–Crippen MR) is 133 cm³/mol. The second kappa shape index (κ2) is 10.1. The van der Waals surface area contributed by atoms with Gasteiger partial charge in [0.15, 0.2) is 5.13 Å². The number of carbonyl (C=O) groups is 2. The third-order valence-corrected chi connectivity index (χ3v) is 5.94. The lowest BCUT2D eigenvalue weighted by molar-refractivity contribution is -0.113. The highest BCUT2D eigenvalue weighted by Gasteiger charge is 2.20. The summed E-state index contributed by atoms with van der Waals surface area (Å²) in [7, 11) is 1.59. The van der Waals surface area contributed by atoms with Gasteiger partial charge >= 0.3 is 0 Å². The molecule has 7 heteroatoms. The van der Waals surface area contributed by atoms with Gasteiger partial charge in [-0.2, -0.15) is 0 Å². The first-order valence-corrected chi connectivity index (χ1v) is 11.3. The number of fused-ring (bicyclic) bond motifs is 1. The number of amides is 2. The standard InChI is InChI=1S/C26H23N3O3S/c1-3-32-21-15-13-20(14-16-21)29(26-28-22-6-4-5-7-23(22)33-26)24(30)17-10-18-8-11-19(12-9-18)25(31)27-2/h4-17H,3H2,1-2H3,(H,27,31). The van der Waals surface area contributed by atoms with E-state index in [1.54, 1.807) is 42.3 Å². The molecule has 0 saturated heterocycles. The maximum absolute atomic E-state index is 13.3. The Balaban J connectivity index is 1.65. The summed E-state index contributed by atoms with van der Waals surface area (Å²) in [5.41, 5.74) is 2.91. The summed E-state index contributed by atoms with van der Waals surface area (Å²) in [6.45, 7) is 2.50. The van der Waals surface area contributed by atoms with Crippen molar-refractivity contribution in [3.63, 3.8) is 0 Å². The van der Waals surface area contributed by atoms with Gasteiger partial charge in [0.25, 0.3) is 11.8 Å². The molecule has 3 aromatic carbocycles. The summed E-state index contributed by atoms with van der Waals surface area (Å²) < 4.78 is 6.54. The number of thiazole rings is 1. The molecule has 0 spiro atoms. The Morgan fingerprint density at radius 1 is 1.03 bits per heavy atom. The number of nitrogens with one attached hydrogen (secondary N) is 1. The molecule has 0 fully saturated rings. The molecule has 4 aromatic rings. The second-order valence-electron chi connectivity index (χ2n) is 7.10. The Labute approximate surface area is 196 Å². The Morgan fingerprint density at radius 2 is 1.76 bits per heavy atom. The summed E-state index contributed by atoms with van der Waals surface area (Å²) >= 11 is 1.46. The Morgan fingerprint density at radius 3 is 2.42 bits per heavy atom. The van der Waals surface area contributed by atoms with E-state index in [-0.39, 0.29) is 11.8 Å². The van der Waals surface area contributed by atoms with Gasteiger partial charge in [0.2, 0.25) is 0 Å². The van der Waals surface area contributed by atoms with Gasteiger partial charge in [-0.05, 0) is 67.1 Å². The van der Waals surface area contributed by atoms with Crippen LogP contribution in [0.4, 0.5) is 10.8 Å². The molecule has 6 nitrogen and oxygen atoms in total. The first kappa shape index (κ1) is 22.2. The molecule has 166 valence electrons. The van der Waals surface area contributed by atoms with Crippen molar-refractivity contribution in [2.75, 3.05) is 18.6 Å². The minimum absolute atomic E-state index is 0.154. The maximum Gasteiger partial charge on any atom is 0.257 e. The van der Waals surface area contributed by atoms with Crippen LogP contribution in [-0.4, -0.2) is 30.5 Å². The molecule has 0 unspecified atom stereocenters. The number of para-hydroxylation sites is 1. The van der Waals surface area contributed by atoms with Gasteiger partial charge in [-0.1, -0.05) is 35.6 Å². The maximum atomic E-state index is 13.3. The van der Waals surface area contributed by atoms with Gasteiger partial charge in [0, 0.05) is 18.7 Å². The van der Waals surface area contributed by atoms with E-state index in [1.165, 1.54) is 17.4 Å². The van der Waals surface area contributed by atoms with Crippen LogP contribution >= 0.6 is 11.3 Å². The molecule has 0 saturated carbocycles. The summed E-state index contributed by atoms with van der Waals surface area (Å²) in [5, 5.41) is 3.18. The van der Waals surface area contributed by atoms with E-state index in [1.807, 2.05) is 55.5 Å². The lowest BCUT2D eigenvalue weighted by Gasteiger charge is -2.18. The minimum atomic E-state index is -0.228. The lowest BCUT2D eigenvalue weighted by atomic mass is 10.1. The molecule has 4 rings (SSSR count). The van der Waals surface area contributed by atoms with E-state index in [0.29, 0.717) is 23.0 Å². The van der Waals surface area contributed by atoms with E-state index in [2.05, 4.69) is 10.3 Å². The SMILES string of the molecule is CCOc1ccc(N(C(=O)C=Cc2ccc(C(=O)NC)cc2)c2nc3ccccc3s2)cc1. The van der Waals surface area contributed by atoms with Gasteiger partial charge in [-0.3, -0.25) is 14.5 Å². The smallest absolute Gasteiger partial charge is 0.257 e. The summed E-state index contributed by atoms with van der Waals surface area (Å²) in [5.74, 6) is 0.359. The third-order valence-electron chi connectivity index (χ3n) is 4.92. The molecule has 1 heterocycles. The highest BCUT2D eigenvalue weighted by atomic mass is 32.1. The van der Waals surface area contributed by atoms with Crippen molar-refractivity contribution in [1.82, 2.24) is 10.3 Å². The number of ether oxygens (including phenoxy) is 1. The quantitative estimate of drug-likeness (QED) is 0.376. The van der Waals surface area contributed by atoms with Crippen molar-refractivity contribution >= 4 is 50.3 Å². The highest BCUT2D eigenvalue weighted by Crippen LogP contribution is 2.34. The fourth-order valence-electron chi connectivity index (χ4n) is 3.28. The number of hydrogen-bond donors (Lipinski definition) is 1. The van der Waals surface area contributed by atoms with E-state index < -0.39 is 0 Å². The van der Waals surface area contributed by atoms with Crippen molar-refractivity contribution in [2.24, 2.45) is 0 Å². The average Bonchev–Trinajstić information content (AvgIpc) is 3.27. The molecule has 2 amide bonds. The molecule has 1 N–H and O–H groups in total. The van der Waals surface area contributed by atoms with Gasteiger partial charge < -0.3 is 10.1 Å². The van der Waals surface area contributed by atoms with Crippen molar-refractivity contribution < 1.29 is 14.3 Å². The molecule has 0 atom stereocenters. The van der Waals surface area contributed by atoms with Crippen LogP contribution < -0.4 is 15.0 Å². The first-order valence-electron chi connectivity index (χ1n) is 10.5. The average molecular weight is 458 g/mol. The van der Waals surface area contributed by atoms with Gasteiger partial charge in [-0.25, -0.2) is 4.98 Å². The zero-order valence-corrected chi connectivity index (χ0v) is 19.1. The van der Waals surface area contributed by atoms with Crippen LogP contribution in [0.25, 0.3) is 16.3 Å². The molecule has 0 aliphatic carbocycles. The zero-order chi connectivity index (χ0) is 23.2. The normalized spacial score (nSPS) is 11.0. The fourth-order valence-corrected chi connectivity index (χ4v) is 4.27. The number of rotatable bonds is 7. The van der Waals surface area contributed by atoms with E-state index in [9.17, 15) is 9.59 Å². The number of aromatic nitrogens is 1. The Bertz CT molecular complexity index is 1260. The lowest BCUT2D eigenvalue weighted by Crippen LogP contribution is -2.23. The highest BCUT2D eigenvalue weighted by molar-refractivity contribution is 7.22. The predicted octanol–water partition coefficient (Wildman–Crippen LogP) is 5.43. The zero-order valence-electron chi connectivity index (χ0n) is 18.3. The molecular formula is C26H23N3O3S. The van der Waals surface area contributed by atoms with Crippen LogP contribution in [0.5, 0.6) is 5.75 Å². The van der Waals surface area contributed by atoms with Gasteiger partial charge in [0.05, 0.1) is 22.5 Å². The third kappa shape index (κ3) is 5.10. The minimum Gasteiger partial charge on any atom is -0.494 e. The fraction of sp³-hybridized carbons (Fsp3) is 0.115. The van der Waals surface area contributed by atoms with Crippen LogP contribution in [0, 0.1) is 0 Å². The molecule has 1 aromatic heterocycles. The number of carbonyl (C=O) groups excluding carboxylic acids is 2. The Hall–Kier alpha value is -3.97. The van der Waals surface area contributed by atoms with E-state index in [0.717, 1.165) is 21.5 Å². The van der Waals surface area contributed by atoms with Crippen LogP contribution in [0.2, 0.25) is 0 Å². The van der Waals surface area contributed by atoms with Crippen molar-refractivity contribution in [2.45, 2.75) is 6.92 Å². The van der Waals surface area contributed by atoms with Gasteiger partial charge in [-0.15, -0.1) is 0 Å². The summed E-state index contributed by atoms with van der Waals surface area (Å²) in [4.78, 5) is 31.3. The van der Waals surface area contributed by atoms with Crippen molar-refractivity contribution in [3.8, 4) is 5.75 Å². The van der Waals surface area contributed by atoms with Crippen LogP contribution in [0.15, 0.2) is 78.9 Å². The summed E-state index contributed by atoms with van der Waals surface area (Å²) in [6, 6.07) is 22.2. The molecular weight excluding hydrogens is 434 g/mol. The first-order chi connectivity index (χ1) is 16.1. The monoisotopic (exact) mass is 457 g/mol. The van der Waals surface area contributed by atoms with Gasteiger partial charge in [0.1, 0.15) is 5.75 Å². The topological polar surface area (TPSA) is 71.5 Å². The molecule has 0 radical (unpaired) electrons. The molecule has 0 bridgehead atoms. The summed E-state index contributed by atoms with van der Waals surface area (Å²) in [6.07, 6.45) is 3.24. The Kier molecular flexibility index (Phi) is 6.80. The number of anilines is 2. The van der Waals surface area contributed by atoms with E-state index >= 15 is 0 Å². The molecule has 0 aliphatic heterocycles.